The molecule has 0 aromatic carbocycles. The molecule has 3 N–H and O–H groups in total. The average molecular weight is 437 g/mol. The minimum Gasteiger partial charge on any atom is -0.463 e. The highest BCUT2D eigenvalue weighted by Crippen LogP contribution is 2.29. The van der Waals surface area contributed by atoms with Crippen LogP contribution in [0, 0.1) is 11.8 Å². The number of esters is 1. The highest BCUT2D eigenvalue weighted by molar-refractivity contribution is 5.86. The van der Waals surface area contributed by atoms with Gasteiger partial charge in [0.25, 0.3) is 0 Å². The van der Waals surface area contributed by atoms with E-state index in [1.165, 1.54) is 0 Å². The molecule has 2 amide bonds. The topological polar surface area (TPSA) is 105 Å². The molecule has 0 aliphatic heterocycles. The van der Waals surface area contributed by atoms with Crippen molar-refractivity contribution >= 4 is 17.8 Å². The van der Waals surface area contributed by atoms with E-state index < -0.39 is 11.5 Å². The van der Waals surface area contributed by atoms with E-state index in [0.29, 0.717) is 19.3 Å². The lowest BCUT2D eigenvalue weighted by molar-refractivity contribution is -0.145. The SMILES string of the molecule is C=CCCCC(=O)OC[C@@H](NC(=O)[C@@H](CC=C)CC(=O)NC1(CO)CCCC1)C(C)C. The minimum absolute atomic E-state index is 0.0196. The van der Waals surface area contributed by atoms with Crippen molar-refractivity contribution in [3.8, 4) is 0 Å². The van der Waals surface area contributed by atoms with Crippen LogP contribution in [0.4, 0.5) is 0 Å². The van der Waals surface area contributed by atoms with E-state index in [2.05, 4.69) is 23.8 Å². The number of carbonyl (C=O) groups is 3. The highest BCUT2D eigenvalue weighted by atomic mass is 16.5. The molecular weight excluding hydrogens is 396 g/mol. The second-order valence-corrected chi connectivity index (χ2v) is 8.84. The maximum Gasteiger partial charge on any atom is 0.305 e. The van der Waals surface area contributed by atoms with Crippen molar-refractivity contribution in [2.75, 3.05) is 13.2 Å². The van der Waals surface area contributed by atoms with Gasteiger partial charge in [-0.3, -0.25) is 14.4 Å². The van der Waals surface area contributed by atoms with Gasteiger partial charge in [-0.05, 0) is 38.0 Å². The third-order valence-corrected chi connectivity index (χ3v) is 5.87. The Kier molecular flexibility index (Phi) is 12.2. The molecule has 31 heavy (non-hydrogen) atoms. The number of rotatable bonds is 15. The number of amides is 2. The van der Waals surface area contributed by atoms with Gasteiger partial charge in [0.1, 0.15) is 6.61 Å². The van der Waals surface area contributed by atoms with Gasteiger partial charge in [0, 0.05) is 12.8 Å². The van der Waals surface area contributed by atoms with Crippen molar-refractivity contribution < 1.29 is 24.2 Å². The van der Waals surface area contributed by atoms with E-state index in [4.69, 9.17) is 4.74 Å². The number of aliphatic hydroxyl groups is 1. The van der Waals surface area contributed by atoms with Crippen LogP contribution in [0.2, 0.25) is 0 Å². The molecule has 0 aromatic rings. The van der Waals surface area contributed by atoms with Crippen LogP contribution in [0.5, 0.6) is 0 Å². The van der Waals surface area contributed by atoms with Gasteiger partial charge in [0.05, 0.1) is 24.1 Å². The van der Waals surface area contributed by atoms with E-state index in [-0.39, 0.29) is 49.4 Å². The molecule has 0 radical (unpaired) electrons. The standard InChI is InChI=1S/C24H40N2O5/c1-5-7-8-12-22(29)31-16-20(18(3)4)25-23(30)19(11-6-2)15-21(28)26-24(17-27)13-9-10-14-24/h5-6,18-20,27H,1-2,7-17H2,3-4H3,(H,25,30)(H,26,28)/t19-,20+/m0/s1. The molecule has 7 heteroatoms. The number of allylic oxidation sites excluding steroid dienone is 2. The zero-order valence-corrected chi connectivity index (χ0v) is 19.2. The molecule has 176 valence electrons. The first kappa shape index (κ1) is 26.9. The smallest absolute Gasteiger partial charge is 0.305 e. The van der Waals surface area contributed by atoms with E-state index in [0.717, 1.165) is 32.1 Å². The number of nitrogens with one attached hydrogen (secondary N) is 2. The van der Waals surface area contributed by atoms with E-state index in [1.807, 2.05) is 13.8 Å². The Morgan fingerprint density at radius 3 is 2.39 bits per heavy atom. The largest absolute Gasteiger partial charge is 0.463 e. The number of aliphatic hydroxyl groups excluding tert-OH is 1. The molecule has 2 atom stereocenters. The molecule has 1 saturated carbocycles. The average Bonchev–Trinajstić information content (AvgIpc) is 3.19. The van der Waals surface area contributed by atoms with E-state index in [9.17, 15) is 19.5 Å². The molecule has 1 fully saturated rings. The van der Waals surface area contributed by atoms with Gasteiger partial charge in [-0.1, -0.05) is 38.8 Å². The van der Waals surface area contributed by atoms with Crippen molar-refractivity contribution in [2.45, 2.75) is 83.2 Å². The zero-order valence-electron chi connectivity index (χ0n) is 19.2. The highest BCUT2D eigenvalue weighted by Gasteiger charge is 2.35. The predicted octanol–water partition coefficient (Wildman–Crippen LogP) is 3.03. The molecule has 1 aliphatic carbocycles. The molecule has 1 rings (SSSR count). The fourth-order valence-corrected chi connectivity index (χ4v) is 3.78. The minimum atomic E-state index is -0.570. The Bertz CT molecular complexity index is 611. The van der Waals surface area contributed by atoms with Crippen molar-refractivity contribution in [1.29, 1.82) is 0 Å². The van der Waals surface area contributed by atoms with Gasteiger partial charge in [-0.25, -0.2) is 0 Å². The van der Waals surface area contributed by atoms with Crippen LogP contribution in [0.25, 0.3) is 0 Å². The number of hydrogen-bond acceptors (Lipinski definition) is 5. The summed E-state index contributed by atoms with van der Waals surface area (Å²) in [4.78, 5) is 37.4. The third-order valence-electron chi connectivity index (χ3n) is 5.87. The van der Waals surface area contributed by atoms with Crippen molar-refractivity contribution in [1.82, 2.24) is 10.6 Å². The first-order chi connectivity index (χ1) is 14.8. The van der Waals surface area contributed by atoms with Crippen LogP contribution in [0.3, 0.4) is 0 Å². The Morgan fingerprint density at radius 2 is 1.84 bits per heavy atom. The molecular formula is C24H40N2O5. The molecule has 0 heterocycles. The van der Waals surface area contributed by atoms with Crippen molar-refractivity contribution in [3.05, 3.63) is 25.3 Å². The molecule has 7 nitrogen and oxygen atoms in total. The van der Waals surface area contributed by atoms with Crippen LogP contribution in [0.1, 0.15) is 71.6 Å². The maximum absolute atomic E-state index is 12.9. The fourth-order valence-electron chi connectivity index (χ4n) is 3.78. The maximum atomic E-state index is 12.9. The predicted molar refractivity (Wildman–Crippen MR) is 121 cm³/mol. The summed E-state index contributed by atoms with van der Waals surface area (Å²) in [5.41, 5.74) is -0.563. The van der Waals surface area contributed by atoms with Crippen molar-refractivity contribution in [3.63, 3.8) is 0 Å². The first-order valence-corrected chi connectivity index (χ1v) is 11.4. The first-order valence-electron chi connectivity index (χ1n) is 11.4. The second-order valence-electron chi connectivity index (χ2n) is 8.84. The molecule has 1 aliphatic rings. The molecule has 0 unspecified atom stereocenters. The van der Waals surface area contributed by atoms with Crippen LogP contribution in [-0.2, 0) is 19.1 Å². The number of unbranched alkanes of at least 4 members (excludes halogenated alkanes) is 1. The van der Waals surface area contributed by atoms with E-state index in [1.54, 1.807) is 12.2 Å². The monoisotopic (exact) mass is 436 g/mol. The summed E-state index contributed by atoms with van der Waals surface area (Å²) in [7, 11) is 0. The van der Waals surface area contributed by atoms with Gasteiger partial charge in [0.15, 0.2) is 0 Å². The van der Waals surface area contributed by atoms with Crippen molar-refractivity contribution in [2.24, 2.45) is 11.8 Å². The van der Waals surface area contributed by atoms with Gasteiger partial charge in [-0.2, -0.15) is 0 Å². The van der Waals surface area contributed by atoms with Gasteiger partial charge < -0.3 is 20.5 Å². The Labute approximate surface area is 186 Å². The third kappa shape index (κ3) is 9.68. The Morgan fingerprint density at radius 1 is 1.16 bits per heavy atom. The van der Waals surface area contributed by atoms with E-state index >= 15 is 0 Å². The summed E-state index contributed by atoms with van der Waals surface area (Å²) < 4.78 is 5.34. The van der Waals surface area contributed by atoms with Gasteiger partial charge in [-0.15, -0.1) is 13.2 Å². The molecule has 0 saturated heterocycles. The van der Waals surface area contributed by atoms with Crippen LogP contribution in [-0.4, -0.2) is 47.7 Å². The van der Waals surface area contributed by atoms with Crippen LogP contribution < -0.4 is 10.6 Å². The number of hydrogen-bond donors (Lipinski definition) is 3. The fraction of sp³-hybridized carbons (Fsp3) is 0.708. The zero-order chi connectivity index (χ0) is 23.3. The van der Waals surface area contributed by atoms with Crippen LogP contribution in [0.15, 0.2) is 25.3 Å². The normalized spacial score (nSPS) is 16.9. The summed E-state index contributed by atoms with van der Waals surface area (Å²) in [6.07, 6.45) is 8.96. The summed E-state index contributed by atoms with van der Waals surface area (Å²) in [6.45, 7) is 11.2. The Hall–Kier alpha value is -2.15. The summed E-state index contributed by atoms with van der Waals surface area (Å²) in [6, 6.07) is -0.343. The lowest BCUT2D eigenvalue weighted by atomic mass is 9.95. The summed E-state index contributed by atoms with van der Waals surface area (Å²) in [5.74, 6) is -1.32. The number of ether oxygens (including phenoxy) is 1. The lowest BCUT2D eigenvalue weighted by Crippen LogP contribution is -2.50. The lowest BCUT2D eigenvalue weighted by Gasteiger charge is -2.29. The number of carbonyl (C=O) groups excluding carboxylic acids is 3. The Balaban J connectivity index is 2.63. The molecule has 0 aromatic heterocycles. The van der Waals surface area contributed by atoms with Gasteiger partial charge in [0.2, 0.25) is 11.8 Å². The summed E-state index contributed by atoms with van der Waals surface area (Å²) in [5, 5.41) is 15.6. The quantitative estimate of drug-likeness (QED) is 0.208. The van der Waals surface area contributed by atoms with Gasteiger partial charge >= 0.3 is 5.97 Å². The molecule has 0 bridgehead atoms. The molecule has 0 spiro atoms. The van der Waals surface area contributed by atoms with Crippen LogP contribution >= 0.6 is 0 Å². The summed E-state index contributed by atoms with van der Waals surface area (Å²) >= 11 is 0. The second kappa shape index (κ2) is 14.0.